The highest BCUT2D eigenvalue weighted by molar-refractivity contribution is 7.97. The van der Waals surface area contributed by atoms with E-state index in [-0.39, 0.29) is 18.0 Å². The van der Waals surface area contributed by atoms with Gasteiger partial charge in [-0.15, -0.1) is 11.3 Å². The lowest BCUT2D eigenvalue weighted by Crippen LogP contribution is -2.36. The Morgan fingerprint density at radius 3 is 2.23 bits per heavy atom. The number of aryl methyl sites for hydroxylation is 3. The molecule has 3 rings (SSSR count). The van der Waals surface area contributed by atoms with E-state index in [0.29, 0.717) is 12.2 Å². The van der Waals surface area contributed by atoms with Crippen LogP contribution in [-0.2, 0) is 11.3 Å². The van der Waals surface area contributed by atoms with Crippen LogP contribution >= 0.6 is 23.3 Å². The van der Waals surface area contributed by atoms with Gasteiger partial charge in [0.05, 0.1) is 18.7 Å². The van der Waals surface area contributed by atoms with Gasteiger partial charge in [-0.1, -0.05) is 23.8 Å². The molecule has 3 aromatic rings. The average Bonchev–Trinajstić information content (AvgIpc) is 3.22. The molecule has 0 fully saturated rings. The van der Waals surface area contributed by atoms with E-state index in [4.69, 9.17) is 5.11 Å². The lowest BCUT2D eigenvalue weighted by atomic mass is 10.1. The number of benzene rings is 2. The molecule has 1 heterocycles. The maximum Gasteiger partial charge on any atom is 0.335 e. The minimum absolute atomic E-state index is 0.0473. The largest absolute Gasteiger partial charge is 0.478 e. The summed E-state index contributed by atoms with van der Waals surface area (Å²) < 4.78 is 1.94. The number of nitrogens with zero attached hydrogens (tertiary/aromatic N) is 2. The molecule has 0 saturated heterocycles. The minimum atomic E-state index is -0.984. The van der Waals surface area contributed by atoms with Crippen molar-refractivity contribution in [3.8, 4) is 0 Å². The Bertz CT molecular complexity index is 1040. The van der Waals surface area contributed by atoms with E-state index < -0.39 is 5.97 Å². The van der Waals surface area contributed by atoms with Crippen LogP contribution < -0.4 is 4.90 Å². The van der Waals surface area contributed by atoms with Gasteiger partial charge in [-0.2, -0.15) is 0 Å². The number of thiophene rings is 1. The average molecular weight is 455 g/mol. The first-order chi connectivity index (χ1) is 14.7. The zero-order valence-electron chi connectivity index (χ0n) is 18.1. The summed E-state index contributed by atoms with van der Waals surface area (Å²) in [5.74, 6) is -1.03. The van der Waals surface area contributed by atoms with Crippen LogP contribution in [0.1, 0.15) is 31.9 Å². The molecule has 31 heavy (non-hydrogen) atoms. The molecule has 2 aromatic carbocycles. The molecule has 0 saturated carbocycles. The Morgan fingerprint density at radius 1 is 1.03 bits per heavy atom. The number of hydrogen-bond donors (Lipinski definition) is 1. The third-order valence-electron chi connectivity index (χ3n) is 4.83. The van der Waals surface area contributed by atoms with Crippen LogP contribution in [0.25, 0.3) is 0 Å². The van der Waals surface area contributed by atoms with Crippen LogP contribution in [0.15, 0.2) is 58.8 Å². The standard InChI is InChI=1S/C24H26N2O3S2/c1-16-12-17(2)23(18(3)13-16)31-25(4)15-22(27)26(14-21-6-5-11-30-21)20-9-7-19(8-10-20)24(28)29/h5-13H,14-15H2,1-4H3,(H,28,29). The summed E-state index contributed by atoms with van der Waals surface area (Å²) in [4.78, 5) is 28.4. The third kappa shape index (κ3) is 5.97. The fraction of sp³-hybridized carbons (Fsp3) is 0.250. The van der Waals surface area contributed by atoms with Gasteiger partial charge in [0.1, 0.15) is 0 Å². The number of carboxylic acids is 1. The molecule has 1 N–H and O–H groups in total. The van der Waals surface area contributed by atoms with Crippen molar-refractivity contribution in [2.24, 2.45) is 0 Å². The second-order valence-corrected chi connectivity index (χ2v) is 9.76. The predicted molar refractivity (Wildman–Crippen MR) is 128 cm³/mol. The fourth-order valence-electron chi connectivity index (χ4n) is 3.44. The predicted octanol–water partition coefficient (Wildman–Crippen LogP) is 5.54. The summed E-state index contributed by atoms with van der Waals surface area (Å²) in [7, 11) is 1.91. The summed E-state index contributed by atoms with van der Waals surface area (Å²) in [5, 5.41) is 11.1. The van der Waals surface area contributed by atoms with E-state index >= 15 is 0 Å². The number of carbonyl (C=O) groups is 2. The lowest BCUT2D eigenvalue weighted by Gasteiger charge is -2.25. The first-order valence-corrected chi connectivity index (χ1v) is 11.5. The smallest absolute Gasteiger partial charge is 0.335 e. The van der Waals surface area contributed by atoms with Gasteiger partial charge in [0.2, 0.25) is 5.91 Å². The van der Waals surface area contributed by atoms with E-state index in [1.807, 2.05) is 28.9 Å². The van der Waals surface area contributed by atoms with Gasteiger partial charge in [0, 0.05) is 15.5 Å². The molecular formula is C24H26N2O3S2. The van der Waals surface area contributed by atoms with Crippen LogP contribution in [0.4, 0.5) is 5.69 Å². The van der Waals surface area contributed by atoms with Crippen LogP contribution in [0, 0.1) is 20.8 Å². The summed E-state index contributed by atoms with van der Waals surface area (Å²) in [6, 6.07) is 14.7. The molecule has 0 spiro atoms. The Morgan fingerprint density at radius 2 is 1.68 bits per heavy atom. The maximum atomic E-state index is 13.3. The van der Waals surface area contributed by atoms with Gasteiger partial charge >= 0.3 is 5.97 Å². The van der Waals surface area contributed by atoms with Gasteiger partial charge in [-0.25, -0.2) is 9.10 Å². The molecular weight excluding hydrogens is 428 g/mol. The van der Waals surface area contributed by atoms with Gasteiger partial charge in [0.15, 0.2) is 0 Å². The number of likely N-dealkylation sites (N-methyl/N-ethyl adjacent to an activating group) is 1. The number of amides is 1. The molecule has 5 nitrogen and oxygen atoms in total. The maximum absolute atomic E-state index is 13.3. The van der Waals surface area contributed by atoms with Crippen LogP contribution in [0.2, 0.25) is 0 Å². The third-order valence-corrected chi connectivity index (χ3v) is 6.96. The number of aromatic carboxylic acids is 1. The van der Waals surface area contributed by atoms with Gasteiger partial charge < -0.3 is 10.0 Å². The Hall–Kier alpha value is -2.61. The summed E-state index contributed by atoms with van der Waals surface area (Å²) in [5.41, 5.74) is 4.50. The van der Waals surface area contributed by atoms with Gasteiger partial charge in [0.25, 0.3) is 0 Å². The molecule has 0 unspecified atom stereocenters. The molecule has 0 aliphatic rings. The highest BCUT2D eigenvalue weighted by Gasteiger charge is 2.20. The number of rotatable bonds is 8. The van der Waals surface area contributed by atoms with Gasteiger partial charge in [-0.05, 0) is 86.6 Å². The summed E-state index contributed by atoms with van der Waals surface area (Å²) in [6.07, 6.45) is 0. The Balaban J connectivity index is 1.78. The summed E-state index contributed by atoms with van der Waals surface area (Å²) >= 11 is 3.16. The zero-order valence-corrected chi connectivity index (χ0v) is 19.7. The zero-order chi connectivity index (χ0) is 22.5. The van der Waals surface area contributed by atoms with E-state index in [0.717, 1.165) is 9.77 Å². The van der Waals surface area contributed by atoms with Crippen LogP contribution in [0.3, 0.4) is 0 Å². The second-order valence-electron chi connectivity index (χ2n) is 7.52. The van der Waals surface area contributed by atoms with Crippen LogP contribution in [-0.4, -0.2) is 34.9 Å². The molecule has 0 radical (unpaired) electrons. The van der Waals surface area contributed by atoms with Crippen molar-refractivity contribution in [2.75, 3.05) is 18.5 Å². The molecule has 1 amide bonds. The van der Waals surface area contributed by atoms with Crippen molar-refractivity contribution in [3.63, 3.8) is 0 Å². The van der Waals surface area contributed by atoms with Crippen molar-refractivity contribution >= 4 is 40.8 Å². The molecule has 1 aromatic heterocycles. The highest BCUT2D eigenvalue weighted by atomic mass is 32.2. The summed E-state index contributed by atoms with van der Waals surface area (Å²) in [6.45, 7) is 6.93. The molecule has 0 atom stereocenters. The normalized spacial score (nSPS) is 11.0. The number of carbonyl (C=O) groups excluding carboxylic acids is 1. The van der Waals surface area contributed by atoms with E-state index in [1.165, 1.54) is 28.8 Å². The quantitative estimate of drug-likeness (QED) is 0.453. The molecule has 7 heteroatoms. The van der Waals surface area contributed by atoms with E-state index in [1.54, 1.807) is 40.3 Å². The topological polar surface area (TPSA) is 60.9 Å². The number of anilines is 1. The van der Waals surface area contributed by atoms with Crippen molar-refractivity contribution in [3.05, 3.63) is 81.0 Å². The van der Waals surface area contributed by atoms with E-state index in [2.05, 4.69) is 32.9 Å². The van der Waals surface area contributed by atoms with Crippen molar-refractivity contribution < 1.29 is 14.7 Å². The molecule has 0 aliphatic carbocycles. The molecule has 162 valence electrons. The Kier molecular flexibility index (Phi) is 7.54. The molecule has 0 aliphatic heterocycles. The monoisotopic (exact) mass is 454 g/mol. The Labute approximate surface area is 191 Å². The number of carboxylic acid groups (broad SMARTS) is 1. The minimum Gasteiger partial charge on any atom is -0.478 e. The van der Waals surface area contributed by atoms with Gasteiger partial charge in [-0.3, -0.25) is 4.79 Å². The fourth-order valence-corrected chi connectivity index (χ4v) is 5.03. The molecule has 0 bridgehead atoms. The van der Waals surface area contributed by atoms with Crippen molar-refractivity contribution in [1.82, 2.24) is 4.31 Å². The first kappa shape index (κ1) is 23.1. The second kappa shape index (κ2) is 10.1. The van der Waals surface area contributed by atoms with Crippen LogP contribution in [0.5, 0.6) is 0 Å². The number of hydrogen-bond acceptors (Lipinski definition) is 5. The van der Waals surface area contributed by atoms with Crippen molar-refractivity contribution in [1.29, 1.82) is 0 Å². The lowest BCUT2D eigenvalue weighted by molar-refractivity contribution is -0.118. The SMILES string of the molecule is Cc1cc(C)c(SN(C)CC(=O)N(Cc2cccs2)c2ccc(C(=O)O)cc2)c(C)c1. The highest BCUT2D eigenvalue weighted by Crippen LogP contribution is 2.30. The first-order valence-electron chi connectivity index (χ1n) is 9.87. The van der Waals surface area contributed by atoms with Crippen molar-refractivity contribution in [2.45, 2.75) is 32.2 Å². The van der Waals surface area contributed by atoms with E-state index in [9.17, 15) is 9.59 Å².